The number of rotatable bonds is 4. The monoisotopic (exact) mass is 205 g/mol. The molecular weight excluding hydrogens is 190 g/mol. The Bertz CT molecular complexity index is 210. The quantitative estimate of drug-likeness (QED) is 0.350. The van der Waals surface area contributed by atoms with E-state index < -0.39 is 29.9 Å². The molecule has 0 aromatic rings. The lowest BCUT2D eigenvalue weighted by molar-refractivity contribution is -0.140. The second kappa shape index (κ2) is 4.70. The molecule has 0 aromatic heterocycles. The Balaban J connectivity index is 2.78. The number of aliphatic hydroxyl groups is 3. The zero-order valence-corrected chi connectivity index (χ0v) is 7.63. The Morgan fingerprint density at radius 2 is 1.64 bits per heavy atom. The van der Waals surface area contributed by atoms with Crippen molar-refractivity contribution in [2.45, 2.75) is 12.1 Å². The predicted octanol–water partition coefficient (Wildman–Crippen LogP) is -2.38. The SMILES string of the molecule is O=C(O)C1NC(CO)C(CO)C1CO. The number of nitrogens with one attached hydrogen (secondary N) is 1. The average molecular weight is 205 g/mol. The summed E-state index contributed by atoms with van der Waals surface area (Å²) in [5.41, 5.74) is 0. The number of aliphatic carboxylic acids is 1. The van der Waals surface area contributed by atoms with Crippen LogP contribution in [0, 0.1) is 11.8 Å². The number of hydrogen-bond acceptors (Lipinski definition) is 5. The highest BCUT2D eigenvalue weighted by molar-refractivity contribution is 5.74. The maximum absolute atomic E-state index is 10.8. The molecule has 0 radical (unpaired) electrons. The summed E-state index contributed by atoms with van der Waals surface area (Å²) >= 11 is 0. The Morgan fingerprint density at radius 3 is 2.00 bits per heavy atom. The summed E-state index contributed by atoms with van der Waals surface area (Å²) in [4.78, 5) is 10.8. The van der Waals surface area contributed by atoms with Crippen LogP contribution in [0.2, 0.25) is 0 Å². The minimum Gasteiger partial charge on any atom is -0.480 e. The molecule has 0 aliphatic carbocycles. The van der Waals surface area contributed by atoms with E-state index in [2.05, 4.69) is 5.32 Å². The Morgan fingerprint density at radius 1 is 1.07 bits per heavy atom. The summed E-state index contributed by atoms with van der Waals surface area (Å²) in [6.45, 7) is -0.801. The maximum atomic E-state index is 10.8. The summed E-state index contributed by atoms with van der Waals surface area (Å²) < 4.78 is 0. The second-order valence-electron chi connectivity index (χ2n) is 3.46. The van der Waals surface area contributed by atoms with Crippen LogP contribution in [0.1, 0.15) is 0 Å². The van der Waals surface area contributed by atoms with E-state index in [9.17, 15) is 4.79 Å². The van der Waals surface area contributed by atoms with Crippen molar-refractivity contribution in [3.8, 4) is 0 Å². The Kier molecular flexibility index (Phi) is 3.82. The molecule has 1 heterocycles. The summed E-state index contributed by atoms with van der Waals surface area (Å²) in [5, 5.41) is 38.4. The Hall–Kier alpha value is -0.690. The summed E-state index contributed by atoms with van der Waals surface area (Å²) in [6, 6.07) is -1.35. The lowest BCUT2D eigenvalue weighted by Crippen LogP contribution is -2.40. The standard InChI is InChI=1S/C8H15NO5/c10-1-4-5(2-11)7(8(13)14)9-6(4)3-12/h4-7,9-12H,1-3H2,(H,13,14). The number of carbonyl (C=O) groups is 1. The molecule has 82 valence electrons. The van der Waals surface area contributed by atoms with Gasteiger partial charge in [-0.2, -0.15) is 0 Å². The van der Waals surface area contributed by atoms with E-state index >= 15 is 0 Å². The average Bonchev–Trinajstić information content (AvgIpc) is 2.54. The van der Waals surface area contributed by atoms with Gasteiger partial charge in [-0.1, -0.05) is 0 Å². The van der Waals surface area contributed by atoms with Crippen molar-refractivity contribution in [1.29, 1.82) is 0 Å². The fourth-order valence-corrected chi connectivity index (χ4v) is 1.97. The highest BCUT2D eigenvalue weighted by atomic mass is 16.4. The van der Waals surface area contributed by atoms with Gasteiger partial charge in [-0.3, -0.25) is 10.1 Å². The van der Waals surface area contributed by atoms with E-state index in [1.165, 1.54) is 0 Å². The molecule has 0 aromatic carbocycles. The third kappa shape index (κ3) is 1.88. The van der Waals surface area contributed by atoms with Crippen molar-refractivity contribution < 1.29 is 25.2 Å². The summed E-state index contributed by atoms with van der Waals surface area (Å²) in [6.07, 6.45) is 0. The van der Waals surface area contributed by atoms with Crippen LogP contribution in [-0.2, 0) is 4.79 Å². The molecule has 1 rings (SSSR count). The zero-order chi connectivity index (χ0) is 10.7. The van der Waals surface area contributed by atoms with Gasteiger partial charge in [0, 0.05) is 31.1 Å². The predicted molar refractivity (Wildman–Crippen MR) is 46.6 cm³/mol. The van der Waals surface area contributed by atoms with Gasteiger partial charge in [0.25, 0.3) is 0 Å². The molecule has 6 nitrogen and oxygen atoms in total. The zero-order valence-electron chi connectivity index (χ0n) is 7.63. The first-order valence-electron chi connectivity index (χ1n) is 4.47. The molecule has 0 amide bonds. The van der Waals surface area contributed by atoms with Gasteiger partial charge in [0.2, 0.25) is 0 Å². The molecule has 0 bridgehead atoms. The van der Waals surface area contributed by atoms with E-state index in [0.717, 1.165) is 0 Å². The first-order valence-corrected chi connectivity index (χ1v) is 4.47. The fourth-order valence-electron chi connectivity index (χ4n) is 1.97. The number of carboxylic acids is 1. The summed E-state index contributed by atoms with van der Waals surface area (Å²) in [5.74, 6) is -2.03. The van der Waals surface area contributed by atoms with Gasteiger partial charge < -0.3 is 20.4 Å². The minimum absolute atomic E-state index is 0.243. The van der Waals surface area contributed by atoms with Crippen molar-refractivity contribution in [3.63, 3.8) is 0 Å². The van der Waals surface area contributed by atoms with Crippen LogP contribution in [0.25, 0.3) is 0 Å². The van der Waals surface area contributed by atoms with Gasteiger partial charge in [-0.25, -0.2) is 0 Å². The van der Waals surface area contributed by atoms with Crippen LogP contribution in [0.4, 0.5) is 0 Å². The Labute approximate surface area is 81.2 Å². The van der Waals surface area contributed by atoms with Crippen molar-refractivity contribution in [2.75, 3.05) is 19.8 Å². The third-order valence-corrected chi connectivity index (χ3v) is 2.77. The van der Waals surface area contributed by atoms with Crippen molar-refractivity contribution in [2.24, 2.45) is 11.8 Å². The normalized spacial score (nSPS) is 37.4. The van der Waals surface area contributed by atoms with Crippen LogP contribution in [-0.4, -0.2) is 58.3 Å². The van der Waals surface area contributed by atoms with Crippen LogP contribution in [0.15, 0.2) is 0 Å². The lowest BCUT2D eigenvalue weighted by Gasteiger charge is -2.19. The molecule has 4 atom stereocenters. The molecule has 6 heteroatoms. The van der Waals surface area contributed by atoms with Crippen molar-refractivity contribution in [1.82, 2.24) is 5.32 Å². The molecule has 14 heavy (non-hydrogen) atoms. The van der Waals surface area contributed by atoms with E-state index in [4.69, 9.17) is 20.4 Å². The van der Waals surface area contributed by atoms with Crippen molar-refractivity contribution in [3.05, 3.63) is 0 Å². The number of carboxylic acid groups (broad SMARTS) is 1. The molecule has 0 spiro atoms. The van der Waals surface area contributed by atoms with E-state index in [1.807, 2.05) is 0 Å². The largest absolute Gasteiger partial charge is 0.480 e. The highest BCUT2D eigenvalue weighted by Crippen LogP contribution is 2.27. The van der Waals surface area contributed by atoms with E-state index in [1.54, 1.807) is 0 Å². The first kappa shape index (κ1) is 11.4. The van der Waals surface area contributed by atoms with E-state index in [0.29, 0.717) is 0 Å². The topological polar surface area (TPSA) is 110 Å². The number of aliphatic hydroxyl groups excluding tert-OH is 3. The van der Waals surface area contributed by atoms with Crippen molar-refractivity contribution >= 4 is 5.97 Å². The number of hydrogen-bond donors (Lipinski definition) is 5. The molecule has 0 saturated carbocycles. The first-order chi connectivity index (χ1) is 6.65. The molecule has 1 fully saturated rings. The van der Waals surface area contributed by atoms with E-state index in [-0.39, 0.29) is 19.8 Å². The van der Waals surface area contributed by atoms with Gasteiger partial charge in [0.1, 0.15) is 6.04 Å². The maximum Gasteiger partial charge on any atom is 0.321 e. The molecule has 5 N–H and O–H groups in total. The molecule has 1 saturated heterocycles. The van der Waals surface area contributed by atoms with Crippen LogP contribution in [0.5, 0.6) is 0 Å². The van der Waals surface area contributed by atoms with Gasteiger partial charge in [0.15, 0.2) is 0 Å². The lowest BCUT2D eigenvalue weighted by atomic mass is 9.88. The molecule has 1 aliphatic heterocycles. The third-order valence-electron chi connectivity index (χ3n) is 2.77. The van der Waals surface area contributed by atoms with Gasteiger partial charge in [0.05, 0.1) is 6.61 Å². The second-order valence-corrected chi connectivity index (χ2v) is 3.46. The minimum atomic E-state index is -1.07. The fraction of sp³-hybridized carbons (Fsp3) is 0.875. The van der Waals surface area contributed by atoms with Gasteiger partial charge in [-0.05, 0) is 0 Å². The van der Waals surface area contributed by atoms with Gasteiger partial charge >= 0.3 is 5.97 Å². The van der Waals surface area contributed by atoms with Crippen LogP contribution >= 0.6 is 0 Å². The van der Waals surface area contributed by atoms with Crippen LogP contribution < -0.4 is 5.32 Å². The summed E-state index contributed by atoms with van der Waals surface area (Å²) in [7, 11) is 0. The molecular formula is C8H15NO5. The smallest absolute Gasteiger partial charge is 0.321 e. The van der Waals surface area contributed by atoms with Crippen LogP contribution in [0.3, 0.4) is 0 Å². The highest BCUT2D eigenvalue weighted by Gasteiger charge is 2.45. The molecule has 4 unspecified atom stereocenters. The molecule has 1 aliphatic rings. The van der Waals surface area contributed by atoms with Gasteiger partial charge in [-0.15, -0.1) is 0 Å².